The second-order valence-electron chi connectivity index (χ2n) is 9.41. The molecule has 1 aliphatic heterocycles. The lowest BCUT2D eigenvalue weighted by Crippen LogP contribution is -2.35. The van der Waals surface area contributed by atoms with Gasteiger partial charge in [-0.2, -0.15) is 28.1 Å². The number of esters is 1. The maximum Gasteiger partial charge on any atom is 0.388 e. The van der Waals surface area contributed by atoms with Gasteiger partial charge >= 0.3 is 16.3 Å². The Bertz CT molecular complexity index is 1630. The summed E-state index contributed by atoms with van der Waals surface area (Å²) in [6.45, 7) is 4.39. The summed E-state index contributed by atoms with van der Waals surface area (Å²) < 4.78 is 43.1. The van der Waals surface area contributed by atoms with E-state index in [0.717, 1.165) is 38.9 Å². The van der Waals surface area contributed by atoms with Crippen molar-refractivity contribution in [3.05, 3.63) is 107 Å². The molecule has 1 atom stereocenters. The number of ether oxygens (including phenoxy) is 2. The van der Waals surface area contributed by atoms with Crippen molar-refractivity contribution < 1.29 is 26.9 Å². The second kappa shape index (κ2) is 11.9. The Morgan fingerprint density at radius 3 is 2.65 bits per heavy atom. The number of H-pyrrole nitrogens is 1. The summed E-state index contributed by atoms with van der Waals surface area (Å²) in [7, 11) is -4.06. The predicted molar refractivity (Wildman–Crippen MR) is 148 cm³/mol. The number of benzene rings is 3. The molecule has 0 aliphatic carbocycles. The van der Waals surface area contributed by atoms with Gasteiger partial charge in [-0.1, -0.05) is 60.7 Å². The van der Waals surface area contributed by atoms with Gasteiger partial charge in [0.25, 0.3) is 5.95 Å². The van der Waals surface area contributed by atoms with E-state index in [2.05, 4.69) is 15.4 Å². The van der Waals surface area contributed by atoms with Crippen LogP contribution in [0.2, 0.25) is 0 Å². The Morgan fingerprint density at radius 1 is 1.07 bits per heavy atom. The van der Waals surface area contributed by atoms with Crippen molar-refractivity contribution in [1.29, 1.82) is 0 Å². The maximum atomic E-state index is 12.9. The zero-order chi connectivity index (χ0) is 28.1. The normalized spacial score (nSPS) is 15.7. The SMILES string of the molecule is CCOC(=O)CC(c1cccc(CN2CC=C(OCc3ccccc3)OS2(=O)=O)c1)c1ccc2n[nH]nc2c1C. The van der Waals surface area contributed by atoms with Crippen molar-refractivity contribution in [2.45, 2.75) is 39.3 Å². The number of carbonyl (C=O) groups is 1. The fraction of sp³-hybridized carbons (Fsp3) is 0.276. The van der Waals surface area contributed by atoms with E-state index in [-0.39, 0.29) is 50.6 Å². The van der Waals surface area contributed by atoms with Gasteiger partial charge in [-0.05, 0) is 47.7 Å². The number of aromatic amines is 1. The molecule has 0 bridgehead atoms. The van der Waals surface area contributed by atoms with Gasteiger partial charge in [0, 0.05) is 25.1 Å². The molecular weight excluding hydrogens is 532 g/mol. The monoisotopic (exact) mass is 562 g/mol. The fourth-order valence-electron chi connectivity index (χ4n) is 4.76. The van der Waals surface area contributed by atoms with E-state index >= 15 is 0 Å². The van der Waals surface area contributed by atoms with E-state index in [1.807, 2.05) is 73.7 Å². The van der Waals surface area contributed by atoms with Crippen LogP contribution in [0, 0.1) is 6.92 Å². The molecule has 4 aromatic rings. The van der Waals surface area contributed by atoms with Gasteiger partial charge in [0.15, 0.2) is 0 Å². The van der Waals surface area contributed by atoms with Crippen molar-refractivity contribution >= 4 is 27.3 Å². The van der Waals surface area contributed by atoms with E-state index in [4.69, 9.17) is 13.7 Å². The van der Waals surface area contributed by atoms with E-state index in [1.165, 1.54) is 4.31 Å². The quantitative estimate of drug-likeness (QED) is 0.281. The first-order chi connectivity index (χ1) is 19.3. The zero-order valence-corrected chi connectivity index (χ0v) is 23.1. The highest BCUT2D eigenvalue weighted by Crippen LogP contribution is 2.34. The molecule has 0 radical (unpaired) electrons. The zero-order valence-electron chi connectivity index (χ0n) is 22.2. The Kier molecular flexibility index (Phi) is 8.13. The van der Waals surface area contributed by atoms with Gasteiger partial charge in [0.1, 0.15) is 17.6 Å². The number of fused-ring (bicyclic) bond motifs is 1. The molecule has 208 valence electrons. The van der Waals surface area contributed by atoms with Gasteiger partial charge in [-0.3, -0.25) is 4.79 Å². The molecule has 40 heavy (non-hydrogen) atoms. The van der Waals surface area contributed by atoms with E-state index in [9.17, 15) is 13.2 Å². The lowest BCUT2D eigenvalue weighted by molar-refractivity contribution is -0.143. The molecule has 0 saturated heterocycles. The molecule has 0 amide bonds. The third-order valence-electron chi connectivity index (χ3n) is 6.74. The number of hydrogen-bond acceptors (Lipinski definition) is 8. The van der Waals surface area contributed by atoms with Crippen LogP contribution in [0.1, 0.15) is 47.1 Å². The van der Waals surface area contributed by atoms with Crippen molar-refractivity contribution in [1.82, 2.24) is 19.7 Å². The molecule has 0 fully saturated rings. The van der Waals surface area contributed by atoms with Crippen LogP contribution in [-0.2, 0) is 41.9 Å². The highest BCUT2D eigenvalue weighted by atomic mass is 32.2. The predicted octanol–water partition coefficient (Wildman–Crippen LogP) is 4.49. The summed E-state index contributed by atoms with van der Waals surface area (Å²) in [5, 5.41) is 11.1. The molecule has 1 aromatic heterocycles. The van der Waals surface area contributed by atoms with Crippen LogP contribution in [0.5, 0.6) is 0 Å². The molecule has 1 aliphatic rings. The summed E-state index contributed by atoms with van der Waals surface area (Å²) in [4.78, 5) is 12.6. The standard InChI is InChI=1S/C29H30N4O6S/c1-3-37-27(34)17-25(24-12-13-26-29(20(24)2)31-32-30-26)23-11-7-10-22(16-23)18-33-15-14-28(39-40(33,35)36)38-19-21-8-5-4-6-9-21/h4-14,16,25H,3,15,17-19H2,1-2H3,(H,30,31,32). The van der Waals surface area contributed by atoms with Crippen molar-refractivity contribution in [3.8, 4) is 0 Å². The first kappa shape index (κ1) is 27.4. The van der Waals surface area contributed by atoms with E-state index in [1.54, 1.807) is 13.0 Å². The average Bonchev–Trinajstić information content (AvgIpc) is 3.43. The van der Waals surface area contributed by atoms with Gasteiger partial charge in [-0.25, -0.2) is 0 Å². The summed E-state index contributed by atoms with van der Waals surface area (Å²) in [6.07, 6.45) is 1.73. The fourth-order valence-corrected chi connectivity index (χ4v) is 5.75. The summed E-state index contributed by atoms with van der Waals surface area (Å²) in [5.74, 6) is -0.688. The smallest absolute Gasteiger partial charge is 0.388 e. The van der Waals surface area contributed by atoms with Crippen LogP contribution in [-0.4, -0.2) is 47.3 Å². The average molecular weight is 563 g/mol. The van der Waals surface area contributed by atoms with Crippen LogP contribution >= 0.6 is 0 Å². The van der Waals surface area contributed by atoms with Gasteiger partial charge < -0.3 is 13.7 Å². The molecule has 1 N–H and O–H groups in total. The molecule has 0 saturated carbocycles. The Morgan fingerprint density at radius 2 is 1.88 bits per heavy atom. The molecule has 0 spiro atoms. The van der Waals surface area contributed by atoms with Gasteiger partial charge in [-0.15, -0.1) is 0 Å². The number of nitrogens with zero attached hydrogens (tertiary/aromatic N) is 3. The molecule has 3 aromatic carbocycles. The highest BCUT2D eigenvalue weighted by molar-refractivity contribution is 7.84. The lowest BCUT2D eigenvalue weighted by atomic mass is 9.85. The second-order valence-corrected chi connectivity index (χ2v) is 10.9. The van der Waals surface area contributed by atoms with Crippen LogP contribution in [0.25, 0.3) is 11.0 Å². The number of hydrogen-bond donors (Lipinski definition) is 1. The van der Waals surface area contributed by atoms with Crippen LogP contribution < -0.4 is 0 Å². The molecular formula is C29H30N4O6S. The van der Waals surface area contributed by atoms with Crippen molar-refractivity contribution in [2.24, 2.45) is 0 Å². The molecule has 5 rings (SSSR count). The maximum absolute atomic E-state index is 12.9. The minimum Gasteiger partial charge on any atom is -0.466 e. The largest absolute Gasteiger partial charge is 0.466 e. The van der Waals surface area contributed by atoms with Gasteiger partial charge in [0.2, 0.25) is 0 Å². The van der Waals surface area contributed by atoms with Crippen LogP contribution in [0.15, 0.2) is 78.8 Å². The van der Waals surface area contributed by atoms with E-state index < -0.39 is 10.3 Å². The summed E-state index contributed by atoms with van der Waals surface area (Å²) >= 11 is 0. The molecule has 11 heteroatoms. The van der Waals surface area contributed by atoms with Gasteiger partial charge in [0.05, 0.1) is 13.0 Å². The minimum absolute atomic E-state index is 0.0397. The Balaban J connectivity index is 1.37. The summed E-state index contributed by atoms with van der Waals surface area (Å²) in [6, 6.07) is 20.8. The Hall–Kier alpha value is -4.22. The van der Waals surface area contributed by atoms with Crippen molar-refractivity contribution in [3.63, 3.8) is 0 Å². The van der Waals surface area contributed by atoms with Crippen LogP contribution in [0.4, 0.5) is 0 Å². The first-order valence-electron chi connectivity index (χ1n) is 12.9. The molecule has 1 unspecified atom stereocenters. The third kappa shape index (κ3) is 6.16. The third-order valence-corrected chi connectivity index (χ3v) is 8.02. The topological polar surface area (TPSA) is 124 Å². The highest BCUT2D eigenvalue weighted by Gasteiger charge is 2.30. The number of nitrogens with one attached hydrogen (secondary N) is 1. The first-order valence-corrected chi connectivity index (χ1v) is 14.3. The van der Waals surface area contributed by atoms with Crippen LogP contribution in [0.3, 0.4) is 0 Å². The lowest BCUT2D eigenvalue weighted by Gasteiger charge is -2.26. The Labute approximate surface area is 232 Å². The molecule has 2 heterocycles. The number of rotatable bonds is 10. The van der Waals surface area contributed by atoms with E-state index in [0.29, 0.717) is 0 Å². The van der Waals surface area contributed by atoms with Crippen molar-refractivity contribution in [2.75, 3.05) is 13.2 Å². The summed E-state index contributed by atoms with van der Waals surface area (Å²) in [5.41, 5.74) is 5.81. The number of aromatic nitrogens is 3. The minimum atomic E-state index is -4.06. The molecule has 10 nitrogen and oxygen atoms in total. The number of carbonyl (C=O) groups excluding carboxylic acids is 1. The number of aryl methyl sites for hydroxylation is 1.